The standard InChI is InChI=1S/C15H23N3O2S/c1-11-6-7-13(10-12(11)2)21(19,20)18-15(14(16)17)8-4-3-5-9-15/h6-7,10,18H,3-5,8-9H2,1-2H3,(H3,16,17). The minimum atomic E-state index is -3.67. The molecule has 0 atom stereocenters. The van der Waals surface area contributed by atoms with E-state index < -0.39 is 15.6 Å². The molecule has 5 nitrogen and oxygen atoms in total. The van der Waals surface area contributed by atoms with Crippen LogP contribution in [0.15, 0.2) is 23.1 Å². The monoisotopic (exact) mass is 309 g/mol. The highest BCUT2D eigenvalue weighted by Crippen LogP contribution is 2.30. The molecule has 0 heterocycles. The van der Waals surface area contributed by atoms with Crippen molar-refractivity contribution < 1.29 is 8.42 Å². The second-order valence-corrected chi connectivity index (χ2v) is 7.59. The minimum absolute atomic E-state index is 0.0883. The Morgan fingerprint density at radius 2 is 1.81 bits per heavy atom. The molecular weight excluding hydrogens is 286 g/mol. The van der Waals surface area contributed by atoms with Gasteiger partial charge in [-0.1, -0.05) is 25.3 Å². The molecule has 1 aromatic rings. The van der Waals surface area contributed by atoms with Gasteiger partial charge in [-0.3, -0.25) is 5.41 Å². The number of sulfonamides is 1. The first-order chi connectivity index (χ1) is 9.77. The first-order valence-corrected chi connectivity index (χ1v) is 8.71. The summed E-state index contributed by atoms with van der Waals surface area (Å²) in [5.41, 5.74) is 6.76. The number of aryl methyl sites for hydroxylation is 2. The number of rotatable bonds is 4. The van der Waals surface area contributed by atoms with Gasteiger partial charge in [-0.25, -0.2) is 8.42 Å². The van der Waals surface area contributed by atoms with Crippen LogP contribution >= 0.6 is 0 Å². The zero-order chi connectivity index (χ0) is 15.7. The average molecular weight is 309 g/mol. The van der Waals surface area contributed by atoms with E-state index in [0.717, 1.165) is 30.4 Å². The Morgan fingerprint density at radius 1 is 1.19 bits per heavy atom. The van der Waals surface area contributed by atoms with Crippen LogP contribution in [0.4, 0.5) is 0 Å². The van der Waals surface area contributed by atoms with Gasteiger partial charge in [0.2, 0.25) is 10.0 Å². The Morgan fingerprint density at radius 3 is 2.33 bits per heavy atom. The number of benzene rings is 1. The third-order valence-corrected chi connectivity index (χ3v) is 5.88. The predicted octanol–water partition coefficient (Wildman–Crippen LogP) is 2.22. The van der Waals surface area contributed by atoms with Crippen molar-refractivity contribution in [3.63, 3.8) is 0 Å². The van der Waals surface area contributed by atoms with Gasteiger partial charge in [-0.2, -0.15) is 4.72 Å². The number of nitrogens with two attached hydrogens (primary N) is 1. The van der Waals surface area contributed by atoms with Crippen molar-refractivity contribution in [2.45, 2.75) is 56.4 Å². The molecule has 116 valence electrons. The molecule has 0 saturated heterocycles. The Labute approximate surface area is 126 Å². The van der Waals surface area contributed by atoms with Crippen LogP contribution in [0.5, 0.6) is 0 Å². The quantitative estimate of drug-likeness (QED) is 0.587. The van der Waals surface area contributed by atoms with E-state index in [1.165, 1.54) is 0 Å². The summed E-state index contributed by atoms with van der Waals surface area (Å²) in [7, 11) is -3.67. The molecule has 1 aliphatic carbocycles. The van der Waals surface area contributed by atoms with Crippen molar-refractivity contribution in [3.05, 3.63) is 29.3 Å². The summed E-state index contributed by atoms with van der Waals surface area (Å²) < 4.78 is 27.9. The highest BCUT2D eigenvalue weighted by atomic mass is 32.2. The van der Waals surface area contributed by atoms with Crippen molar-refractivity contribution >= 4 is 15.9 Å². The van der Waals surface area contributed by atoms with Crippen LogP contribution in [-0.2, 0) is 10.0 Å². The van der Waals surface area contributed by atoms with Gasteiger partial charge >= 0.3 is 0 Å². The van der Waals surface area contributed by atoms with Gasteiger partial charge in [-0.15, -0.1) is 0 Å². The summed E-state index contributed by atoms with van der Waals surface area (Å²) in [6.45, 7) is 3.83. The zero-order valence-corrected chi connectivity index (χ0v) is 13.4. The lowest BCUT2D eigenvalue weighted by Gasteiger charge is -2.36. The fourth-order valence-corrected chi connectivity index (χ4v) is 4.30. The van der Waals surface area contributed by atoms with Gasteiger partial charge in [0.05, 0.1) is 10.4 Å². The van der Waals surface area contributed by atoms with E-state index in [4.69, 9.17) is 11.1 Å². The molecular formula is C15H23N3O2S. The molecule has 1 fully saturated rings. The van der Waals surface area contributed by atoms with Crippen molar-refractivity contribution in [1.82, 2.24) is 4.72 Å². The van der Waals surface area contributed by atoms with Crippen LogP contribution in [0.2, 0.25) is 0 Å². The Kier molecular flexibility index (Phi) is 4.39. The van der Waals surface area contributed by atoms with E-state index in [1.54, 1.807) is 18.2 Å². The zero-order valence-electron chi connectivity index (χ0n) is 12.6. The van der Waals surface area contributed by atoms with Crippen molar-refractivity contribution in [2.24, 2.45) is 5.73 Å². The molecule has 0 bridgehead atoms. The molecule has 4 N–H and O–H groups in total. The topological polar surface area (TPSA) is 96.0 Å². The average Bonchev–Trinajstić information content (AvgIpc) is 2.42. The second-order valence-electron chi connectivity index (χ2n) is 5.91. The summed E-state index contributed by atoms with van der Waals surface area (Å²) >= 11 is 0. The molecule has 0 aromatic heterocycles. The van der Waals surface area contributed by atoms with Crippen molar-refractivity contribution in [3.8, 4) is 0 Å². The smallest absolute Gasteiger partial charge is 0.241 e. The normalized spacial score (nSPS) is 18.4. The second kappa shape index (κ2) is 5.77. The van der Waals surface area contributed by atoms with E-state index in [9.17, 15) is 8.42 Å². The van der Waals surface area contributed by atoms with E-state index in [0.29, 0.717) is 12.8 Å². The first-order valence-electron chi connectivity index (χ1n) is 7.23. The molecule has 1 saturated carbocycles. The predicted molar refractivity (Wildman–Crippen MR) is 84.0 cm³/mol. The molecule has 0 spiro atoms. The third-order valence-electron chi connectivity index (χ3n) is 4.34. The summed E-state index contributed by atoms with van der Waals surface area (Å²) in [5.74, 6) is -0.0883. The molecule has 2 rings (SSSR count). The number of nitrogens with one attached hydrogen (secondary N) is 2. The highest BCUT2D eigenvalue weighted by molar-refractivity contribution is 7.89. The van der Waals surface area contributed by atoms with Gasteiger partial charge in [0.1, 0.15) is 5.84 Å². The van der Waals surface area contributed by atoms with Crippen LogP contribution in [0, 0.1) is 19.3 Å². The van der Waals surface area contributed by atoms with Crippen molar-refractivity contribution in [2.75, 3.05) is 0 Å². The maximum absolute atomic E-state index is 12.6. The lowest BCUT2D eigenvalue weighted by molar-refractivity contribution is 0.348. The van der Waals surface area contributed by atoms with E-state index in [-0.39, 0.29) is 10.7 Å². The van der Waals surface area contributed by atoms with Gasteiger partial charge < -0.3 is 5.73 Å². The Bertz CT molecular complexity index is 647. The van der Waals surface area contributed by atoms with Gasteiger partial charge in [-0.05, 0) is 49.9 Å². The van der Waals surface area contributed by atoms with Crippen LogP contribution in [0.25, 0.3) is 0 Å². The van der Waals surface area contributed by atoms with Crippen molar-refractivity contribution in [1.29, 1.82) is 5.41 Å². The number of amidine groups is 1. The maximum atomic E-state index is 12.6. The lowest BCUT2D eigenvalue weighted by atomic mass is 9.82. The molecule has 0 radical (unpaired) electrons. The first kappa shape index (κ1) is 16.0. The van der Waals surface area contributed by atoms with Crippen LogP contribution in [0.1, 0.15) is 43.2 Å². The fraction of sp³-hybridized carbons (Fsp3) is 0.533. The minimum Gasteiger partial charge on any atom is -0.386 e. The number of hydrogen-bond acceptors (Lipinski definition) is 3. The Balaban J connectivity index is 2.34. The van der Waals surface area contributed by atoms with E-state index >= 15 is 0 Å². The van der Waals surface area contributed by atoms with Gasteiger partial charge in [0.15, 0.2) is 0 Å². The molecule has 21 heavy (non-hydrogen) atoms. The molecule has 0 aliphatic heterocycles. The van der Waals surface area contributed by atoms with E-state index in [2.05, 4.69) is 4.72 Å². The van der Waals surface area contributed by atoms with Crippen LogP contribution in [-0.4, -0.2) is 19.8 Å². The molecule has 6 heteroatoms. The molecule has 0 amide bonds. The van der Waals surface area contributed by atoms with E-state index in [1.807, 2.05) is 13.8 Å². The lowest BCUT2D eigenvalue weighted by Crippen LogP contribution is -2.57. The number of hydrogen-bond donors (Lipinski definition) is 3. The van der Waals surface area contributed by atoms with Gasteiger partial charge in [0.25, 0.3) is 0 Å². The highest BCUT2D eigenvalue weighted by Gasteiger charge is 2.39. The molecule has 1 aromatic carbocycles. The summed E-state index contributed by atoms with van der Waals surface area (Å²) in [4.78, 5) is 0.233. The summed E-state index contributed by atoms with van der Waals surface area (Å²) in [5, 5.41) is 7.81. The Hall–Kier alpha value is -1.40. The van der Waals surface area contributed by atoms with Crippen LogP contribution < -0.4 is 10.5 Å². The molecule has 0 unspecified atom stereocenters. The molecule has 1 aliphatic rings. The largest absolute Gasteiger partial charge is 0.386 e. The summed E-state index contributed by atoms with van der Waals surface area (Å²) in [6, 6.07) is 5.06. The maximum Gasteiger partial charge on any atom is 0.241 e. The third kappa shape index (κ3) is 3.27. The SMILES string of the molecule is Cc1ccc(S(=O)(=O)NC2(C(=N)N)CCCCC2)cc1C. The van der Waals surface area contributed by atoms with Crippen LogP contribution in [0.3, 0.4) is 0 Å². The summed E-state index contributed by atoms with van der Waals surface area (Å²) in [6.07, 6.45) is 4.00. The fourth-order valence-electron chi connectivity index (χ4n) is 2.78. The van der Waals surface area contributed by atoms with Gasteiger partial charge in [0, 0.05) is 0 Å².